The molecule has 0 saturated carbocycles. The summed E-state index contributed by atoms with van der Waals surface area (Å²) in [5.74, 6) is 25.4. The molecule has 5 nitrogen and oxygen atoms in total. The van der Waals surface area contributed by atoms with E-state index < -0.39 is 0 Å². The zero-order valence-corrected chi connectivity index (χ0v) is 18.1. The molecule has 0 heterocycles. The van der Waals surface area contributed by atoms with Crippen molar-refractivity contribution in [2.75, 3.05) is 48.3 Å². The molecule has 2 aromatic rings. The van der Waals surface area contributed by atoms with Crippen LogP contribution in [0.3, 0.4) is 0 Å². The van der Waals surface area contributed by atoms with E-state index in [-0.39, 0.29) is 0 Å². The van der Waals surface area contributed by atoms with Crippen molar-refractivity contribution in [3.05, 3.63) is 48.5 Å². The van der Waals surface area contributed by atoms with Gasteiger partial charge in [-0.2, -0.15) is 0 Å². The zero-order valence-electron chi connectivity index (χ0n) is 18.1. The van der Waals surface area contributed by atoms with Gasteiger partial charge in [0.1, 0.15) is 0 Å². The SMILES string of the molecule is C#CC#CC#CC#CC#CC#CN(CCNc1ccc(N)cc1)CCNc1ccc(N)cc1. The van der Waals surface area contributed by atoms with Gasteiger partial charge in [0, 0.05) is 84.6 Å². The lowest BCUT2D eigenvalue weighted by Crippen LogP contribution is -2.29. The van der Waals surface area contributed by atoms with Crippen LogP contribution in [0.5, 0.6) is 0 Å². The molecule has 0 atom stereocenters. The Bertz CT molecular complexity index is 1210. The van der Waals surface area contributed by atoms with Crippen LogP contribution in [0, 0.1) is 71.7 Å². The highest BCUT2D eigenvalue weighted by Gasteiger charge is 2.01. The first kappa shape index (κ1) is 24.1. The predicted molar refractivity (Wildman–Crippen MR) is 138 cm³/mol. The van der Waals surface area contributed by atoms with Crippen molar-refractivity contribution >= 4 is 22.7 Å². The third-order valence-corrected chi connectivity index (χ3v) is 4.03. The number of benzene rings is 2. The highest BCUT2D eigenvalue weighted by atomic mass is 15.1. The molecular weight excluding hydrogens is 406 g/mol. The maximum absolute atomic E-state index is 5.73. The first-order valence-electron chi connectivity index (χ1n) is 10.1. The van der Waals surface area contributed by atoms with Crippen LogP contribution in [0.4, 0.5) is 22.7 Å². The van der Waals surface area contributed by atoms with Crippen molar-refractivity contribution in [1.29, 1.82) is 0 Å². The molecule has 0 aliphatic heterocycles. The smallest absolute Gasteiger partial charge is 0.0435 e. The fourth-order valence-electron chi connectivity index (χ4n) is 2.46. The van der Waals surface area contributed by atoms with Crippen LogP contribution in [0.15, 0.2) is 48.5 Å². The highest BCUT2D eigenvalue weighted by Crippen LogP contribution is 2.11. The normalized spacial score (nSPS) is 8.09. The number of nitrogen functional groups attached to an aromatic ring is 2. The minimum absolute atomic E-state index is 0.702. The lowest BCUT2D eigenvalue weighted by molar-refractivity contribution is 0.428. The maximum Gasteiger partial charge on any atom is 0.0435 e. The van der Waals surface area contributed by atoms with Crippen LogP contribution in [-0.2, 0) is 0 Å². The fourth-order valence-corrected chi connectivity index (χ4v) is 2.46. The largest absolute Gasteiger partial charge is 0.399 e. The molecule has 0 amide bonds. The number of nitrogens with one attached hydrogen (secondary N) is 2. The summed E-state index contributed by atoms with van der Waals surface area (Å²) < 4.78 is 0. The number of nitrogens with two attached hydrogens (primary N) is 2. The predicted octanol–water partition coefficient (Wildman–Crippen LogP) is 2.28. The molecule has 2 rings (SSSR count). The molecule has 0 unspecified atom stereocenters. The quantitative estimate of drug-likeness (QED) is 0.294. The summed E-state index contributed by atoms with van der Waals surface area (Å²) >= 11 is 0. The molecule has 160 valence electrons. The lowest BCUT2D eigenvalue weighted by Gasteiger charge is -2.19. The summed E-state index contributed by atoms with van der Waals surface area (Å²) in [5.41, 5.74) is 14.9. The van der Waals surface area contributed by atoms with Crippen LogP contribution >= 0.6 is 0 Å². The third kappa shape index (κ3) is 10.9. The first-order valence-corrected chi connectivity index (χ1v) is 10.1. The molecule has 0 aromatic heterocycles. The van der Waals surface area contributed by atoms with Crippen LogP contribution in [-0.4, -0.2) is 31.1 Å². The van der Waals surface area contributed by atoms with Gasteiger partial charge in [0.25, 0.3) is 0 Å². The molecule has 0 bridgehead atoms. The van der Waals surface area contributed by atoms with Crippen molar-refractivity contribution in [3.8, 4) is 71.7 Å². The topological polar surface area (TPSA) is 79.3 Å². The van der Waals surface area contributed by atoms with E-state index in [1.165, 1.54) is 0 Å². The van der Waals surface area contributed by atoms with Crippen molar-refractivity contribution in [2.45, 2.75) is 0 Å². The molecule has 2 aromatic carbocycles. The molecule has 5 heteroatoms. The minimum atomic E-state index is 0.702. The van der Waals surface area contributed by atoms with Crippen LogP contribution < -0.4 is 22.1 Å². The zero-order chi connectivity index (χ0) is 23.6. The number of hydrogen-bond donors (Lipinski definition) is 4. The van der Waals surface area contributed by atoms with E-state index in [1.807, 2.05) is 53.4 Å². The average Bonchev–Trinajstić information content (AvgIpc) is 2.82. The van der Waals surface area contributed by atoms with E-state index in [1.54, 1.807) is 0 Å². The van der Waals surface area contributed by atoms with Crippen molar-refractivity contribution in [3.63, 3.8) is 0 Å². The summed E-state index contributed by atoms with van der Waals surface area (Å²) in [6.45, 7) is 2.82. The van der Waals surface area contributed by atoms with E-state index in [0.717, 1.165) is 22.7 Å². The summed E-state index contributed by atoms with van der Waals surface area (Å²) in [4.78, 5) is 1.99. The maximum atomic E-state index is 5.73. The lowest BCUT2D eigenvalue weighted by atomic mass is 10.3. The Labute approximate surface area is 196 Å². The van der Waals surface area contributed by atoms with Gasteiger partial charge in [-0.05, 0) is 78.1 Å². The van der Waals surface area contributed by atoms with Crippen LogP contribution in [0.1, 0.15) is 0 Å². The Kier molecular flexibility index (Phi) is 10.7. The van der Waals surface area contributed by atoms with Gasteiger partial charge in [-0.1, -0.05) is 0 Å². The minimum Gasteiger partial charge on any atom is -0.399 e. The summed E-state index contributed by atoms with van der Waals surface area (Å²) in [6, 6.07) is 18.3. The second kappa shape index (κ2) is 14.7. The second-order valence-corrected chi connectivity index (χ2v) is 6.47. The van der Waals surface area contributed by atoms with E-state index >= 15 is 0 Å². The molecule has 33 heavy (non-hydrogen) atoms. The van der Waals surface area contributed by atoms with E-state index in [2.05, 4.69) is 75.9 Å². The van der Waals surface area contributed by atoms with Gasteiger partial charge in [0.2, 0.25) is 0 Å². The molecule has 0 aliphatic rings. The summed E-state index contributed by atoms with van der Waals surface area (Å²) in [6.07, 6.45) is 4.99. The van der Waals surface area contributed by atoms with E-state index in [4.69, 9.17) is 17.9 Å². The number of hydrogen-bond acceptors (Lipinski definition) is 5. The Morgan fingerprint density at radius 1 is 0.606 bits per heavy atom. The summed E-state index contributed by atoms with van der Waals surface area (Å²) in [5, 5.41) is 6.72. The molecule has 0 fully saturated rings. The molecule has 0 radical (unpaired) electrons. The second-order valence-electron chi connectivity index (χ2n) is 6.47. The van der Waals surface area contributed by atoms with Crippen LogP contribution in [0.25, 0.3) is 0 Å². The number of terminal acetylenes is 1. The van der Waals surface area contributed by atoms with Crippen LogP contribution in [0.2, 0.25) is 0 Å². The Morgan fingerprint density at radius 2 is 1.00 bits per heavy atom. The third-order valence-electron chi connectivity index (χ3n) is 4.03. The van der Waals surface area contributed by atoms with Crippen molar-refractivity contribution < 1.29 is 0 Å². The molecule has 0 saturated heterocycles. The Morgan fingerprint density at radius 3 is 1.42 bits per heavy atom. The van der Waals surface area contributed by atoms with Crippen molar-refractivity contribution in [2.24, 2.45) is 0 Å². The van der Waals surface area contributed by atoms with Gasteiger partial charge in [-0.3, -0.25) is 0 Å². The number of nitrogens with zero attached hydrogens (tertiary/aromatic N) is 1. The van der Waals surface area contributed by atoms with Gasteiger partial charge in [-0.25, -0.2) is 0 Å². The monoisotopic (exact) mass is 429 g/mol. The van der Waals surface area contributed by atoms with Gasteiger partial charge >= 0.3 is 0 Å². The average molecular weight is 430 g/mol. The van der Waals surface area contributed by atoms with E-state index in [9.17, 15) is 0 Å². The highest BCUT2D eigenvalue weighted by molar-refractivity contribution is 5.52. The standard InChI is InChI=1S/C28H23N5/c1-2-3-4-5-6-7-8-9-10-11-22-33(23-20-31-27-16-12-25(29)13-17-27)24-21-32-28-18-14-26(30)15-19-28/h1,12-19,31-32H,20-21,23-24,29-30H2. The summed E-state index contributed by atoms with van der Waals surface area (Å²) in [7, 11) is 0. The van der Waals surface area contributed by atoms with E-state index in [0.29, 0.717) is 26.2 Å². The molecule has 6 N–H and O–H groups in total. The van der Waals surface area contributed by atoms with Gasteiger partial charge in [-0.15, -0.1) is 6.42 Å². The number of rotatable bonds is 8. The van der Waals surface area contributed by atoms with Gasteiger partial charge in [0.15, 0.2) is 0 Å². The van der Waals surface area contributed by atoms with Crippen molar-refractivity contribution in [1.82, 2.24) is 4.90 Å². The Balaban J connectivity index is 1.92. The molecule has 0 spiro atoms. The first-order chi connectivity index (χ1) is 16.2. The van der Waals surface area contributed by atoms with Gasteiger partial charge < -0.3 is 27.0 Å². The fraction of sp³-hybridized carbons (Fsp3) is 0.143. The molecule has 0 aliphatic carbocycles. The number of anilines is 4. The Hall–Kier alpha value is -5.20. The van der Waals surface area contributed by atoms with Gasteiger partial charge in [0.05, 0.1) is 0 Å². The molecular formula is C28H23N5.